The van der Waals surface area contributed by atoms with E-state index in [0.29, 0.717) is 6.42 Å². The minimum atomic E-state index is -0.892. The summed E-state index contributed by atoms with van der Waals surface area (Å²) >= 11 is 0. The summed E-state index contributed by atoms with van der Waals surface area (Å²) in [5, 5.41) is 6.16. The third-order valence-corrected chi connectivity index (χ3v) is 8.28. The van der Waals surface area contributed by atoms with E-state index in [1.165, 1.54) is 6.42 Å². The van der Waals surface area contributed by atoms with E-state index in [4.69, 9.17) is 4.74 Å². The van der Waals surface area contributed by atoms with Gasteiger partial charge in [-0.15, -0.1) is 0 Å². The molecule has 0 radical (unpaired) electrons. The Morgan fingerprint density at radius 1 is 0.976 bits per heavy atom. The van der Waals surface area contributed by atoms with Crippen LogP contribution in [0.3, 0.4) is 0 Å². The number of hydrogen-bond donors (Lipinski definition) is 2. The SMILES string of the molecule is Cc1ccc(C(C(=O)NC2CCCCC2)N(C(=O)C(Cc2ccccc2)NC(=O)OC(C)(C)C)C2CC2C)cc1C. The van der Waals surface area contributed by atoms with Crippen LogP contribution in [0.1, 0.15) is 94.5 Å². The monoisotopic (exact) mass is 561 g/mol. The van der Waals surface area contributed by atoms with Crippen molar-refractivity contribution in [2.75, 3.05) is 0 Å². The molecule has 41 heavy (non-hydrogen) atoms. The molecular formula is C34H47N3O4. The van der Waals surface area contributed by atoms with Gasteiger partial charge < -0.3 is 20.3 Å². The van der Waals surface area contributed by atoms with E-state index in [1.54, 1.807) is 25.7 Å². The highest BCUT2D eigenvalue weighted by atomic mass is 16.6. The first-order valence-corrected chi connectivity index (χ1v) is 15.2. The molecule has 4 atom stereocenters. The molecule has 222 valence electrons. The number of aryl methyl sites for hydroxylation is 2. The molecule has 4 rings (SSSR count). The van der Waals surface area contributed by atoms with Crippen LogP contribution in [-0.4, -0.2) is 46.5 Å². The van der Waals surface area contributed by atoms with E-state index in [1.807, 2.05) is 62.4 Å². The fraction of sp³-hybridized carbons (Fsp3) is 0.559. The van der Waals surface area contributed by atoms with E-state index >= 15 is 0 Å². The molecule has 2 aromatic rings. The van der Waals surface area contributed by atoms with Crippen LogP contribution in [0.5, 0.6) is 0 Å². The number of benzene rings is 2. The maximum absolute atomic E-state index is 14.6. The molecule has 2 saturated carbocycles. The minimum Gasteiger partial charge on any atom is -0.444 e. The second-order valence-electron chi connectivity index (χ2n) is 13.0. The Bertz CT molecular complexity index is 1220. The summed E-state index contributed by atoms with van der Waals surface area (Å²) < 4.78 is 5.55. The lowest BCUT2D eigenvalue weighted by molar-refractivity contribution is -0.143. The van der Waals surface area contributed by atoms with Crippen molar-refractivity contribution in [3.8, 4) is 0 Å². The molecule has 2 aromatic carbocycles. The van der Waals surface area contributed by atoms with E-state index in [9.17, 15) is 14.4 Å². The van der Waals surface area contributed by atoms with Gasteiger partial charge in [0.25, 0.3) is 0 Å². The van der Waals surface area contributed by atoms with E-state index in [-0.39, 0.29) is 29.8 Å². The molecule has 3 amide bonds. The Labute approximate surface area is 245 Å². The molecule has 0 heterocycles. The average molecular weight is 562 g/mol. The van der Waals surface area contributed by atoms with Gasteiger partial charge in [-0.1, -0.05) is 74.7 Å². The molecule has 0 spiro atoms. The Morgan fingerprint density at radius 2 is 1.63 bits per heavy atom. The van der Waals surface area contributed by atoms with Crippen molar-refractivity contribution >= 4 is 17.9 Å². The van der Waals surface area contributed by atoms with Crippen molar-refractivity contribution in [1.82, 2.24) is 15.5 Å². The molecule has 0 bridgehead atoms. The van der Waals surface area contributed by atoms with Gasteiger partial charge in [0.05, 0.1) is 0 Å². The van der Waals surface area contributed by atoms with Crippen LogP contribution in [0.25, 0.3) is 0 Å². The van der Waals surface area contributed by atoms with Gasteiger partial charge in [0.1, 0.15) is 17.7 Å². The number of carbonyl (C=O) groups is 3. The van der Waals surface area contributed by atoms with Crippen LogP contribution in [0.15, 0.2) is 48.5 Å². The lowest BCUT2D eigenvalue weighted by Crippen LogP contribution is -2.55. The highest BCUT2D eigenvalue weighted by molar-refractivity contribution is 5.93. The van der Waals surface area contributed by atoms with Crippen molar-refractivity contribution in [1.29, 1.82) is 0 Å². The molecule has 7 heteroatoms. The summed E-state index contributed by atoms with van der Waals surface area (Å²) in [5.74, 6) is -0.159. The summed E-state index contributed by atoms with van der Waals surface area (Å²) in [7, 11) is 0. The first kappa shape index (κ1) is 30.6. The van der Waals surface area contributed by atoms with Crippen LogP contribution in [0.2, 0.25) is 0 Å². The highest BCUT2D eigenvalue weighted by Gasteiger charge is 2.48. The van der Waals surface area contributed by atoms with E-state index < -0.39 is 23.8 Å². The number of amides is 3. The second kappa shape index (κ2) is 13.1. The zero-order valence-electron chi connectivity index (χ0n) is 25.5. The van der Waals surface area contributed by atoms with E-state index in [0.717, 1.165) is 54.4 Å². The number of nitrogens with zero attached hydrogens (tertiary/aromatic N) is 1. The average Bonchev–Trinajstić information content (AvgIpc) is 3.63. The van der Waals surface area contributed by atoms with Crippen LogP contribution >= 0.6 is 0 Å². The summed E-state index contributed by atoms with van der Waals surface area (Å²) in [6.45, 7) is 11.6. The van der Waals surface area contributed by atoms with Gasteiger partial charge in [-0.05, 0) is 82.1 Å². The van der Waals surface area contributed by atoms with Gasteiger partial charge >= 0.3 is 6.09 Å². The van der Waals surface area contributed by atoms with Gasteiger partial charge in [0, 0.05) is 18.5 Å². The number of alkyl carbamates (subject to hydrolysis) is 1. The van der Waals surface area contributed by atoms with Crippen molar-refractivity contribution in [3.63, 3.8) is 0 Å². The molecule has 7 nitrogen and oxygen atoms in total. The second-order valence-corrected chi connectivity index (χ2v) is 13.0. The van der Waals surface area contributed by atoms with Crippen LogP contribution in [0, 0.1) is 19.8 Å². The summed E-state index contributed by atoms with van der Waals surface area (Å²) in [5.41, 5.74) is 3.20. The lowest BCUT2D eigenvalue weighted by atomic mass is 9.93. The molecular weight excluding hydrogens is 514 g/mol. The van der Waals surface area contributed by atoms with Crippen molar-refractivity contribution < 1.29 is 19.1 Å². The molecule has 2 aliphatic rings. The first-order valence-electron chi connectivity index (χ1n) is 15.2. The molecule has 4 unspecified atom stereocenters. The molecule has 0 aliphatic heterocycles. The zero-order chi connectivity index (χ0) is 29.7. The minimum absolute atomic E-state index is 0.0927. The lowest BCUT2D eigenvalue weighted by Gasteiger charge is -2.36. The molecule has 2 fully saturated rings. The Morgan fingerprint density at radius 3 is 2.22 bits per heavy atom. The van der Waals surface area contributed by atoms with Gasteiger partial charge in [0.2, 0.25) is 11.8 Å². The Balaban J connectivity index is 1.72. The number of hydrogen-bond acceptors (Lipinski definition) is 4. The summed E-state index contributed by atoms with van der Waals surface area (Å²) in [6.07, 6.45) is 5.75. The van der Waals surface area contributed by atoms with Gasteiger partial charge in [-0.3, -0.25) is 9.59 Å². The quantitative estimate of drug-likeness (QED) is 0.384. The number of nitrogens with one attached hydrogen (secondary N) is 2. The van der Waals surface area contributed by atoms with Crippen LogP contribution in [0.4, 0.5) is 4.79 Å². The van der Waals surface area contributed by atoms with Crippen LogP contribution < -0.4 is 10.6 Å². The number of ether oxygens (including phenoxy) is 1. The molecule has 0 aromatic heterocycles. The normalized spacial score (nSPS) is 20.4. The Kier molecular flexibility index (Phi) is 9.77. The van der Waals surface area contributed by atoms with Gasteiger partial charge in [-0.2, -0.15) is 0 Å². The predicted octanol–water partition coefficient (Wildman–Crippen LogP) is 6.17. The number of carbonyl (C=O) groups excluding carboxylic acids is 3. The fourth-order valence-corrected chi connectivity index (χ4v) is 5.75. The van der Waals surface area contributed by atoms with Crippen molar-refractivity contribution in [3.05, 3.63) is 70.8 Å². The van der Waals surface area contributed by atoms with Crippen LogP contribution in [-0.2, 0) is 20.7 Å². The van der Waals surface area contributed by atoms with Gasteiger partial charge in [0.15, 0.2) is 0 Å². The van der Waals surface area contributed by atoms with Crippen molar-refractivity contribution in [2.24, 2.45) is 5.92 Å². The fourth-order valence-electron chi connectivity index (χ4n) is 5.75. The zero-order valence-corrected chi connectivity index (χ0v) is 25.5. The maximum atomic E-state index is 14.6. The molecule has 0 saturated heterocycles. The largest absolute Gasteiger partial charge is 0.444 e. The summed E-state index contributed by atoms with van der Waals surface area (Å²) in [4.78, 5) is 43.5. The third-order valence-electron chi connectivity index (χ3n) is 8.28. The number of rotatable bonds is 9. The topological polar surface area (TPSA) is 87.7 Å². The maximum Gasteiger partial charge on any atom is 0.408 e. The highest BCUT2D eigenvalue weighted by Crippen LogP contribution is 2.41. The van der Waals surface area contributed by atoms with Gasteiger partial charge in [-0.25, -0.2) is 4.79 Å². The van der Waals surface area contributed by atoms with Crippen molar-refractivity contribution in [2.45, 2.75) is 116 Å². The first-order chi connectivity index (χ1) is 19.4. The molecule has 2 aliphatic carbocycles. The Hall–Kier alpha value is -3.35. The summed E-state index contributed by atoms with van der Waals surface area (Å²) in [6, 6.07) is 14.0. The molecule has 2 N–H and O–H groups in total. The third kappa shape index (κ3) is 8.34. The van der Waals surface area contributed by atoms with E-state index in [2.05, 4.69) is 17.6 Å². The standard InChI is InChI=1S/C34H47N3O4/c1-22-17-18-26(19-23(22)2)30(31(38)35-27-15-11-8-12-16-27)37(29-20-24(29)3)32(39)28(21-25-13-9-7-10-14-25)36-33(40)41-34(4,5)6/h7,9-10,13-14,17-19,24,27-30H,8,11-12,15-16,20-21H2,1-6H3,(H,35,38)(H,36,40). The smallest absolute Gasteiger partial charge is 0.408 e. The predicted molar refractivity (Wildman–Crippen MR) is 161 cm³/mol.